The molecule has 2 unspecified atom stereocenters. The lowest BCUT2D eigenvalue weighted by Crippen LogP contribution is -2.13. The molecule has 0 spiro atoms. The Hall–Kier alpha value is -2.29. The highest BCUT2D eigenvalue weighted by Gasteiger charge is 2.39. The Labute approximate surface area is 126 Å². The van der Waals surface area contributed by atoms with Gasteiger partial charge in [0.05, 0.1) is 23.1 Å². The van der Waals surface area contributed by atoms with Crippen LogP contribution in [0, 0.1) is 5.92 Å². The number of hydrogen-bond donors (Lipinski definition) is 1. The zero-order valence-electron chi connectivity index (χ0n) is 12.6. The topological polar surface area (TPSA) is 27.4 Å². The standard InChI is InChI=1S/C18H21N3/c1-4-13(2)17(20-15-10-11-21-12-16(15)21)18(19-3)14-8-6-5-7-9-14/h4-11,13,16,19H,1,12H2,2-3H3/b18-17-,20-15?. The minimum Gasteiger partial charge on any atom is -0.386 e. The molecule has 1 aromatic carbocycles. The van der Waals surface area contributed by atoms with Crippen molar-refractivity contribution in [1.29, 1.82) is 0 Å². The molecule has 2 aliphatic heterocycles. The Kier molecular flexibility index (Phi) is 3.65. The first-order chi connectivity index (χ1) is 10.2. The maximum absolute atomic E-state index is 4.95. The van der Waals surface area contributed by atoms with Crippen LogP contribution < -0.4 is 5.32 Å². The second kappa shape index (κ2) is 5.60. The fraction of sp³-hybridized carbons (Fsp3) is 0.278. The predicted octanol–water partition coefficient (Wildman–Crippen LogP) is 3.05. The average molecular weight is 279 g/mol. The number of fused-ring (bicyclic) bond motifs is 1. The Bertz CT molecular complexity index is 625. The minimum atomic E-state index is 0.196. The molecule has 0 amide bonds. The Balaban J connectivity index is 2.06. The van der Waals surface area contributed by atoms with Gasteiger partial charge in [-0.15, -0.1) is 6.58 Å². The van der Waals surface area contributed by atoms with Crippen molar-refractivity contribution in [1.82, 2.24) is 10.2 Å². The van der Waals surface area contributed by atoms with E-state index in [9.17, 15) is 0 Å². The molecule has 1 N–H and O–H groups in total. The van der Waals surface area contributed by atoms with Crippen molar-refractivity contribution in [3.05, 3.63) is 66.5 Å². The van der Waals surface area contributed by atoms with E-state index in [0.717, 1.165) is 29.2 Å². The van der Waals surface area contributed by atoms with Gasteiger partial charge in [-0.3, -0.25) is 4.99 Å². The molecular weight excluding hydrogens is 258 g/mol. The second-order valence-electron chi connectivity index (χ2n) is 5.47. The fourth-order valence-electron chi connectivity index (χ4n) is 2.64. The highest BCUT2D eigenvalue weighted by molar-refractivity contribution is 6.04. The van der Waals surface area contributed by atoms with Crippen molar-refractivity contribution in [2.45, 2.75) is 13.0 Å². The first-order valence-corrected chi connectivity index (χ1v) is 7.37. The van der Waals surface area contributed by atoms with Crippen molar-refractivity contribution < 1.29 is 0 Å². The van der Waals surface area contributed by atoms with Crippen LogP contribution in [-0.4, -0.2) is 30.2 Å². The van der Waals surface area contributed by atoms with Crippen LogP contribution in [0.2, 0.25) is 0 Å². The van der Waals surface area contributed by atoms with Gasteiger partial charge in [0.25, 0.3) is 0 Å². The molecule has 0 aliphatic carbocycles. The smallest absolute Gasteiger partial charge is 0.0884 e. The summed E-state index contributed by atoms with van der Waals surface area (Å²) in [6.07, 6.45) is 6.19. The summed E-state index contributed by atoms with van der Waals surface area (Å²) < 4.78 is 0. The molecule has 3 nitrogen and oxygen atoms in total. The van der Waals surface area contributed by atoms with Crippen LogP contribution in [0.4, 0.5) is 0 Å². The van der Waals surface area contributed by atoms with E-state index in [-0.39, 0.29) is 5.92 Å². The van der Waals surface area contributed by atoms with Crippen LogP contribution in [0.25, 0.3) is 5.70 Å². The number of aliphatic imine (C=N–C) groups is 1. The summed E-state index contributed by atoms with van der Waals surface area (Å²) in [5.74, 6) is 0.196. The quantitative estimate of drug-likeness (QED) is 0.662. The van der Waals surface area contributed by atoms with E-state index in [1.165, 1.54) is 0 Å². The molecule has 21 heavy (non-hydrogen) atoms. The van der Waals surface area contributed by atoms with Crippen LogP contribution in [0.15, 0.2) is 66.0 Å². The second-order valence-corrected chi connectivity index (χ2v) is 5.47. The summed E-state index contributed by atoms with van der Waals surface area (Å²) in [5, 5.41) is 3.32. The molecule has 108 valence electrons. The number of allylic oxidation sites excluding steroid dienone is 1. The lowest BCUT2D eigenvalue weighted by atomic mass is 10.0. The predicted molar refractivity (Wildman–Crippen MR) is 88.9 cm³/mol. The van der Waals surface area contributed by atoms with E-state index in [2.05, 4.69) is 48.1 Å². The van der Waals surface area contributed by atoms with Gasteiger partial charge in [0.15, 0.2) is 0 Å². The van der Waals surface area contributed by atoms with Gasteiger partial charge in [-0.2, -0.15) is 0 Å². The molecule has 3 heteroatoms. The molecule has 1 saturated heterocycles. The summed E-state index contributed by atoms with van der Waals surface area (Å²) >= 11 is 0. The molecule has 0 saturated carbocycles. The van der Waals surface area contributed by atoms with Crippen molar-refractivity contribution in [3.63, 3.8) is 0 Å². The SMILES string of the molecule is C=CC(C)/C(N=C1C=CN2CC12)=C(/NC)c1ccccc1. The van der Waals surface area contributed by atoms with Crippen molar-refractivity contribution in [3.8, 4) is 0 Å². The minimum absolute atomic E-state index is 0.196. The number of hydrogen-bond acceptors (Lipinski definition) is 3. The zero-order valence-corrected chi connectivity index (χ0v) is 12.6. The number of nitrogens with zero attached hydrogens (tertiary/aromatic N) is 2. The maximum Gasteiger partial charge on any atom is 0.0884 e. The zero-order chi connectivity index (χ0) is 14.8. The maximum atomic E-state index is 4.95. The first-order valence-electron chi connectivity index (χ1n) is 7.37. The number of nitrogens with one attached hydrogen (secondary N) is 1. The van der Waals surface area contributed by atoms with Crippen LogP contribution in [-0.2, 0) is 0 Å². The van der Waals surface area contributed by atoms with Crippen LogP contribution >= 0.6 is 0 Å². The third-order valence-corrected chi connectivity index (χ3v) is 4.03. The van der Waals surface area contributed by atoms with Gasteiger partial charge in [-0.05, 0) is 11.6 Å². The molecule has 1 fully saturated rings. The van der Waals surface area contributed by atoms with E-state index in [1.807, 2.05) is 31.3 Å². The lowest BCUT2D eigenvalue weighted by molar-refractivity contribution is 0.758. The third kappa shape index (κ3) is 2.64. The van der Waals surface area contributed by atoms with E-state index in [4.69, 9.17) is 4.99 Å². The molecule has 1 aromatic rings. The van der Waals surface area contributed by atoms with E-state index in [1.54, 1.807) is 0 Å². The molecule has 0 radical (unpaired) electrons. The number of rotatable bonds is 5. The highest BCUT2D eigenvalue weighted by atomic mass is 15.3. The summed E-state index contributed by atoms with van der Waals surface area (Å²) in [5.41, 5.74) is 4.43. The average Bonchev–Trinajstić information content (AvgIpc) is 3.21. The Morgan fingerprint density at radius 1 is 1.43 bits per heavy atom. The van der Waals surface area contributed by atoms with Gasteiger partial charge in [-0.25, -0.2) is 0 Å². The van der Waals surface area contributed by atoms with Gasteiger partial charge >= 0.3 is 0 Å². The monoisotopic (exact) mass is 279 g/mol. The van der Waals surface area contributed by atoms with Gasteiger partial charge in [-0.1, -0.05) is 43.3 Å². The van der Waals surface area contributed by atoms with Gasteiger partial charge in [0.2, 0.25) is 0 Å². The van der Waals surface area contributed by atoms with E-state index >= 15 is 0 Å². The normalized spacial score (nSPS) is 23.6. The highest BCUT2D eigenvalue weighted by Crippen LogP contribution is 2.30. The summed E-state index contributed by atoms with van der Waals surface area (Å²) in [4.78, 5) is 7.24. The molecule has 3 rings (SSSR count). The molecular formula is C18H21N3. The molecule has 0 bridgehead atoms. The summed E-state index contributed by atoms with van der Waals surface area (Å²) in [6.45, 7) is 7.17. The first kappa shape index (κ1) is 13.7. The molecule has 2 atom stereocenters. The largest absolute Gasteiger partial charge is 0.386 e. The third-order valence-electron chi connectivity index (χ3n) is 4.03. The van der Waals surface area contributed by atoms with Crippen molar-refractivity contribution >= 4 is 11.4 Å². The Morgan fingerprint density at radius 2 is 2.19 bits per heavy atom. The molecule has 2 aliphatic rings. The fourth-order valence-corrected chi connectivity index (χ4v) is 2.64. The summed E-state index contributed by atoms with van der Waals surface area (Å²) in [6, 6.07) is 10.8. The number of benzene rings is 1. The Morgan fingerprint density at radius 3 is 2.71 bits per heavy atom. The summed E-state index contributed by atoms with van der Waals surface area (Å²) in [7, 11) is 1.95. The van der Waals surface area contributed by atoms with Crippen molar-refractivity contribution in [2.75, 3.05) is 13.6 Å². The van der Waals surface area contributed by atoms with E-state index < -0.39 is 0 Å². The van der Waals surface area contributed by atoms with Crippen LogP contribution in [0.3, 0.4) is 0 Å². The van der Waals surface area contributed by atoms with E-state index in [0.29, 0.717) is 6.04 Å². The van der Waals surface area contributed by atoms with Crippen LogP contribution in [0.1, 0.15) is 12.5 Å². The van der Waals surface area contributed by atoms with Gasteiger partial charge in [0, 0.05) is 25.7 Å². The van der Waals surface area contributed by atoms with Crippen molar-refractivity contribution in [2.24, 2.45) is 10.9 Å². The molecule has 2 heterocycles. The lowest BCUT2D eigenvalue weighted by Gasteiger charge is -2.16. The van der Waals surface area contributed by atoms with Gasteiger partial charge < -0.3 is 10.2 Å². The van der Waals surface area contributed by atoms with Crippen LogP contribution in [0.5, 0.6) is 0 Å². The molecule has 0 aromatic heterocycles. The van der Waals surface area contributed by atoms with Gasteiger partial charge in [0.1, 0.15) is 0 Å².